The Balaban J connectivity index is 2.11. The molecule has 2 aromatic heterocycles. The minimum absolute atomic E-state index is 0.521. The lowest BCUT2D eigenvalue weighted by Gasteiger charge is -2.09. The van der Waals surface area contributed by atoms with Crippen LogP contribution >= 0.6 is 0 Å². The lowest BCUT2D eigenvalue weighted by molar-refractivity contribution is 0.174. The highest BCUT2D eigenvalue weighted by Crippen LogP contribution is 2.22. The lowest BCUT2D eigenvalue weighted by Crippen LogP contribution is -2.04. The van der Waals surface area contributed by atoms with Crippen molar-refractivity contribution in [2.75, 3.05) is 0 Å². The third kappa shape index (κ3) is 2.74. The van der Waals surface area contributed by atoms with Gasteiger partial charge in [0.25, 0.3) is 0 Å². The van der Waals surface area contributed by atoms with Crippen LogP contribution in [0.3, 0.4) is 0 Å². The molecule has 90 valence electrons. The van der Waals surface area contributed by atoms with E-state index in [0.717, 1.165) is 29.0 Å². The monoisotopic (exact) mass is 231 g/mol. The molecular formula is C14H17NO2. The van der Waals surface area contributed by atoms with E-state index in [1.165, 1.54) is 0 Å². The topological polar surface area (TPSA) is 46.3 Å². The van der Waals surface area contributed by atoms with Crippen LogP contribution in [0.1, 0.15) is 35.6 Å². The van der Waals surface area contributed by atoms with Crippen molar-refractivity contribution >= 4 is 0 Å². The summed E-state index contributed by atoms with van der Waals surface area (Å²) in [6.45, 7) is 4.01. The number of pyridine rings is 1. The van der Waals surface area contributed by atoms with Crippen molar-refractivity contribution in [1.29, 1.82) is 0 Å². The zero-order valence-electron chi connectivity index (χ0n) is 10.2. The van der Waals surface area contributed by atoms with E-state index >= 15 is 0 Å². The van der Waals surface area contributed by atoms with E-state index in [0.29, 0.717) is 6.42 Å². The molecule has 2 aromatic rings. The van der Waals surface area contributed by atoms with Crippen molar-refractivity contribution in [2.24, 2.45) is 0 Å². The Hall–Kier alpha value is -1.61. The Morgan fingerprint density at radius 3 is 2.82 bits per heavy atom. The maximum absolute atomic E-state index is 10.1. The highest BCUT2D eigenvalue weighted by molar-refractivity contribution is 5.22. The van der Waals surface area contributed by atoms with Gasteiger partial charge in [-0.2, -0.15) is 0 Å². The normalized spacial score (nSPS) is 12.6. The molecule has 0 saturated heterocycles. The first-order valence-electron chi connectivity index (χ1n) is 5.86. The summed E-state index contributed by atoms with van der Waals surface area (Å²) in [6, 6.07) is 5.78. The second-order valence-corrected chi connectivity index (χ2v) is 4.20. The van der Waals surface area contributed by atoms with Crippen molar-refractivity contribution < 1.29 is 9.52 Å². The smallest absolute Gasteiger partial charge is 0.109 e. The fraction of sp³-hybridized carbons (Fsp3) is 0.357. The molecule has 0 saturated carbocycles. The van der Waals surface area contributed by atoms with Crippen LogP contribution in [-0.2, 0) is 12.8 Å². The number of hydrogen-bond donors (Lipinski definition) is 1. The first-order valence-corrected chi connectivity index (χ1v) is 5.86. The van der Waals surface area contributed by atoms with Gasteiger partial charge in [0.1, 0.15) is 5.76 Å². The minimum Gasteiger partial charge on any atom is -0.469 e. The van der Waals surface area contributed by atoms with Crippen molar-refractivity contribution in [1.82, 2.24) is 4.98 Å². The second-order valence-electron chi connectivity index (χ2n) is 4.20. The fourth-order valence-electron chi connectivity index (χ4n) is 1.86. The van der Waals surface area contributed by atoms with E-state index in [-0.39, 0.29) is 0 Å². The largest absolute Gasteiger partial charge is 0.469 e. The molecule has 2 rings (SSSR count). The number of rotatable bonds is 4. The SMILES string of the molecule is CCc1occc1C(O)Cc1ccc(C)cn1. The number of hydrogen-bond acceptors (Lipinski definition) is 3. The van der Waals surface area contributed by atoms with Crippen molar-refractivity contribution in [3.8, 4) is 0 Å². The number of furan rings is 1. The van der Waals surface area contributed by atoms with Crippen LogP contribution in [0.25, 0.3) is 0 Å². The van der Waals surface area contributed by atoms with Crippen molar-refractivity contribution in [2.45, 2.75) is 32.8 Å². The van der Waals surface area contributed by atoms with Crippen LogP contribution in [0, 0.1) is 6.92 Å². The average molecular weight is 231 g/mol. The molecule has 0 radical (unpaired) electrons. The van der Waals surface area contributed by atoms with E-state index in [4.69, 9.17) is 4.42 Å². The van der Waals surface area contributed by atoms with E-state index < -0.39 is 6.10 Å². The van der Waals surface area contributed by atoms with Gasteiger partial charge >= 0.3 is 0 Å². The Morgan fingerprint density at radius 2 is 2.18 bits per heavy atom. The molecule has 1 unspecified atom stereocenters. The molecule has 0 spiro atoms. The maximum Gasteiger partial charge on any atom is 0.109 e. The van der Waals surface area contributed by atoms with Crippen molar-refractivity contribution in [3.05, 3.63) is 53.2 Å². The van der Waals surface area contributed by atoms with Crippen LogP contribution in [0.4, 0.5) is 0 Å². The zero-order valence-corrected chi connectivity index (χ0v) is 10.2. The molecule has 0 bridgehead atoms. The van der Waals surface area contributed by atoms with Gasteiger partial charge in [0.2, 0.25) is 0 Å². The van der Waals surface area contributed by atoms with Crippen molar-refractivity contribution in [3.63, 3.8) is 0 Å². The quantitative estimate of drug-likeness (QED) is 0.880. The Bertz CT molecular complexity index is 473. The third-order valence-corrected chi connectivity index (χ3v) is 2.84. The molecule has 0 amide bonds. The Labute approximate surface area is 101 Å². The van der Waals surface area contributed by atoms with E-state index in [1.807, 2.05) is 38.2 Å². The van der Waals surface area contributed by atoms with Gasteiger partial charge in [0.05, 0.1) is 12.4 Å². The zero-order chi connectivity index (χ0) is 12.3. The number of aromatic nitrogens is 1. The average Bonchev–Trinajstić information content (AvgIpc) is 2.80. The summed E-state index contributed by atoms with van der Waals surface area (Å²) >= 11 is 0. The number of aliphatic hydroxyl groups excluding tert-OH is 1. The van der Waals surface area contributed by atoms with E-state index in [9.17, 15) is 5.11 Å². The molecule has 0 aliphatic heterocycles. The molecule has 3 nitrogen and oxygen atoms in total. The molecule has 1 N–H and O–H groups in total. The molecule has 0 aromatic carbocycles. The molecular weight excluding hydrogens is 214 g/mol. The second kappa shape index (κ2) is 5.15. The number of nitrogens with zero attached hydrogens (tertiary/aromatic N) is 1. The maximum atomic E-state index is 10.1. The predicted molar refractivity (Wildman–Crippen MR) is 65.7 cm³/mol. The van der Waals surface area contributed by atoms with Crippen LogP contribution in [0.5, 0.6) is 0 Å². The van der Waals surface area contributed by atoms with Crippen LogP contribution in [-0.4, -0.2) is 10.1 Å². The van der Waals surface area contributed by atoms with Gasteiger partial charge in [-0.1, -0.05) is 13.0 Å². The highest BCUT2D eigenvalue weighted by Gasteiger charge is 2.15. The van der Waals surface area contributed by atoms with Crippen LogP contribution in [0.15, 0.2) is 35.1 Å². The van der Waals surface area contributed by atoms with Gasteiger partial charge in [-0.25, -0.2) is 0 Å². The summed E-state index contributed by atoms with van der Waals surface area (Å²) in [7, 11) is 0. The van der Waals surface area contributed by atoms with Crippen LogP contribution < -0.4 is 0 Å². The van der Waals surface area contributed by atoms with E-state index in [2.05, 4.69) is 4.98 Å². The molecule has 17 heavy (non-hydrogen) atoms. The summed E-state index contributed by atoms with van der Waals surface area (Å²) in [5.74, 6) is 0.851. The molecule has 3 heteroatoms. The Morgan fingerprint density at radius 1 is 1.35 bits per heavy atom. The third-order valence-electron chi connectivity index (χ3n) is 2.84. The summed E-state index contributed by atoms with van der Waals surface area (Å²) in [5, 5.41) is 10.1. The molecule has 0 aliphatic carbocycles. The summed E-state index contributed by atoms with van der Waals surface area (Å²) in [5.41, 5.74) is 2.89. The fourth-order valence-corrected chi connectivity index (χ4v) is 1.86. The number of aryl methyl sites for hydroxylation is 2. The summed E-state index contributed by atoms with van der Waals surface area (Å²) < 4.78 is 5.31. The standard InChI is InChI=1S/C14H17NO2/c1-3-14-12(6-7-17-14)13(16)8-11-5-4-10(2)9-15-11/h4-7,9,13,16H,3,8H2,1-2H3. The van der Waals surface area contributed by atoms with Gasteiger partial charge in [-0.15, -0.1) is 0 Å². The minimum atomic E-state index is -0.543. The lowest BCUT2D eigenvalue weighted by atomic mass is 10.0. The van der Waals surface area contributed by atoms with Gasteiger partial charge in [-0.3, -0.25) is 4.98 Å². The van der Waals surface area contributed by atoms with E-state index in [1.54, 1.807) is 6.26 Å². The van der Waals surface area contributed by atoms with Gasteiger partial charge in [-0.05, 0) is 24.6 Å². The summed E-state index contributed by atoms with van der Waals surface area (Å²) in [4.78, 5) is 4.29. The van der Waals surface area contributed by atoms with Gasteiger partial charge in [0.15, 0.2) is 0 Å². The van der Waals surface area contributed by atoms with Crippen LogP contribution in [0.2, 0.25) is 0 Å². The first kappa shape index (κ1) is 11.9. The molecule has 0 fully saturated rings. The summed E-state index contributed by atoms with van der Waals surface area (Å²) in [6.07, 6.45) is 4.21. The van der Waals surface area contributed by atoms with Gasteiger partial charge < -0.3 is 9.52 Å². The Kier molecular flexibility index (Phi) is 3.59. The predicted octanol–water partition coefficient (Wildman–Crippen LogP) is 2.82. The molecule has 1 atom stereocenters. The molecule has 2 heterocycles. The molecule has 0 aliphatic rings. The highest BCUT2D eigenvalue weighted by atomic mass is 16.3. The van der Waals surface area contributed by atoms with Gasteiger partial charge in [0, 0.05) is 30.3 Å². The number of aliphatic hydroxyl groups is 1. The first-order chi connectivity index (χ1) is 8.20.